The number of amides is 1. The van der Waals surface area contributed by atoms with Gasteiger partial charge in [-0.25, -0.2) is 4.39 Å². The Morgan fingerprint density at radius 2 is 2.10 bits per heavy atom. The number of nitrogen functional groups attached to an aromatic ring is 1. The second-order valence-electron chi connectivity index (χ2n) is 5.04. The molecule has 0 spiro atoms. The Hall–Kier alpha value is -2.36. The molecule has 1 aliphatic carbocycles. The van der Waals surface area contributed by atoms with E-state index < -0.39 is 5.82 Å². The van der Waals surface area contributed by atoms with Gasteiger partial charge in [0.05, 0.1) is 5.56 Å². The van der Waals surface area contributed by atoms with Gasteiger partial charge in [-0.15, -0.1) is 0 Å². The number of rotatable bonds is 3. The zero-order valence-electron chi connectivity index (χ0n) is 10.9. The largest absolute Gasteiger partial charge is 0.398 e. The molecule has 102 valence electrons. The molecule has 4 heteroatoms. The maximum Gasteiger partial charge on any atom is 0.253 e. The minimum Gasteiger partial charge on any atom is -0.398 e. The van der Waals surface area contributed by atoms with E-state index in [9.17, 15) is 9.18 Å². The van der Waals surface area contributed by atoms with Crippen molar-refractivity contribution in [3.05, 3.63) is 65.0 Å². The van der Waals surface area contributed by atoms with Gasteiger partial charge in [-0.1, -0.05) is 24.3 Å². The number of nitrogens with one attached hydrogen (secondary N) is 1. The van der Waals surface area contributed by atoms with Crippen molar-refractivity contribution < 1.29 is 9.18 Å². The molecule has 0 saturated carbocycles. The average Bonchev–Trinajstić information content (AvgIpc) is 2.42. The van der Waals surface area contributed by atoms with E-state index in [1.54, 1.807) is 0 Å². The van der Waals surface area contributed by atoms with Gasteiger partial charge in [0.15, 0.2) is 0 Å². The molecule has 0 saturated heterocycles. The normalized spacial score (nSPS) is 16.1. The lowest BCUT2D eigenvalue weighted by atomic mass is 9.77. The predicted molar refractivity (Wildman–Crippen MR) is 76.0 cm³/mol. The molecule has 1 amide bonds. The Balaban J connectivity index is 1.65. The number of benzene rings is 2. The molecule has 1 unspecified atom stereocenters. The molecule has 2 aromatic carbocycles. The minimum atomic E-state index is -0.460. The number of halogens is 1. The van der Waals surface area contributed by atoms with Gasteiger partial charge < -0.3 is 11.1 Å². The summed E-state index contributed by atoms with van der Waals surface area (Å²) >= 11 is 0. The van der Waals surface area contributed by atoms with Crippen LogP contribution in [-0.4, -0.2) is 12.5 Å². The van der Waals surface area contributed by atoms with Crippen LogP contribution in [-0.2, 0) is 6.42 Å². The van der Waals surface area contributed by atoms with Crippen molar-refractivity contribution in [3.8, 4) is 0 Å². The lowest BCUT2D eigenvalue weighted by Gasteiger charge is -2.30. The summed E-state index contributed by atoms with van der Waals surface area (Å²) in [6.07, 6.45) is 0.967. The van der Waals surface area contributed by atoms with Crippen LogP contribution >= 0.6 is 0 Å². The first-order chi connectivity index (χ1) is 9.65. The summed E-state index contributed by atoms with van der Waals surface area (Å²) in [6, 6.07) is 12.0. The number of carbonyl (C=O) groups is 1. The third-order valence-electron chi connectivity index (χ3n) is 3.73. The van der Waals surface area contributed by atoms with Gasteiger partial charge in [0.2, 0.25) is 0 Å². The molecular weight excluding hydrogens is 255 g/mol. The molecule has 1 aliphatic rings. The number of nitrogens with two attached hydrogens (primary N) is 1. The van der Waals surface area contributed by atoms with Gasteiger partial charge in [-0.3, -0.25) is 4.79 Å². The highest BCUT2D eigenvalue weighted by Gasteiger charge is 2.25. The molecule has 0 fully saturated rings. The number of carbonyl (C=O) groups excluding carboxylic acids is 1. The maximum absolute atomic E-state index is 13.1. The van der Waals surface area contributed by atoms with Crippen molar-refractivity contribution >= 4 is 11.6 Å². The lowest BCUT2D eigenvalue weighted by Crippen LogP contribution is -2.33. The third-order valence-corrected chi connectivity index (χ3v) is 3.73. The van der Waals surface area contributed by atoms with Crippen LogP contribution in [0.5, 0.6) is 0 Å². The van der Waals surface area contributed by atoms with Crippen LogP contribution in [0.3, 0.4) is 0 Å². The van der Waals surface area contributed by atoms with Crippen molar-refractivity contribution in [2.45, 2.75) is 12.3 Å². The van der Waals surface area contributed by atoms with Gasteiger partial charge in [0.25, 0.3) is 5.91 Å². The van der Waals surface area contributed by atoms with Crippen LogP contribution in [0, 0.1) is 5.82 Å². The minimum absolute atomic E-state index is 0.192. The van der Waals surface area contributed by atoms with E-state index in [4.69, 9.17) is 5.73 Å². The summed E-state index contributed by atoms with van der Waals surface area (Å²) in [6.45, 7) is 0.547. The fourth-order valence-corrected chi connectivity index (χ4v) is 2.58. The number of fused-ring (bicyclic) bond motifs is 1. The molecule has 0 radical (unpaired) electrons. The standard InChI is InChI=1S/C16H15FN2O/c17-12-5-6-15(18)14(8-12)16(20)19-9-11-7-10-3-1-2-4-13(10)11/h1-6,8,11H,7,9,18H2,(H,19,20). The van der Waals surface area contributed by atoms with E-state index >= 15 is 0 Å². The van der Waals surface area contributed by atoms with Crippen LogP contribution in [0.25, 0.3) is 0 Å². The first kappa shape index (κ1) is 12.7. The fraction of sp³-hybridized carbons (Fsp3) is 0.188. The Bertz CT molecular complexity index is 669. The molecule has 1 atom stereocenters. The van der Waals surface area contributed by atoms with Crippen LogP contribution < -0.4 is 11.1 Å². The zero-order chi connectivity index (χ0) is 14.1. The van der Waals surface area contributed by atoms with Crippen molar-refractivity contribution in [2.75, 3.05) is 12.3 Å². The second-order valence-corrected chi connectivity index (χ2v) is 5.04. The second kappa shape index (κ2) is 4.96. The number of hydrogen-bond donors (Lipinski definition) is 2. The van der Waals surface area contributed by atoms with E-state index in [2.05, 4.69) is 17.4 Å². The molecule has 3 rings (SSSR count). The van der Waals surface area contributed by atoms with Gasteiger partial charge in [-0.05, 0) is 35.7 Å². The Kier molecular flexibility index (Phi) is 3.14. The molecule has 0 aliphatic heterocycles. The summed E-state index contributed by atoms with van der Waals surface area (Å²) in [4.78, 5) is 12.0. The summed E-state index contributed by atoms with van der Waals surface area (Å²) < 4.78 is 13.1. The topological polar surface area (TPSA) is 55.1 Å². The average molecular weight is 270 g/mol. The smallest absolute Gasteiger partial charge is 0.253 e. The van der Waals surface area contributed by atoms with Gasteiger partial charge in [0, 0.05) is 18.2 Å². The van der Waals surface area contributed by atoms with Crippen LogP contribution in [0.2, 0.25) is 0 Å². The van der Waals surface area contributed by atoms with E-state index in [0.717, 1.165) is 6.42 Å². The molecule has 20 heavy (non-hydrogen) atoms. The first-order valence-electron chi connectivity index (χ1n) is 6.56. The van der Waals surface area contributed by atoms with Gasteiger partial charge >= 0.3 is 0 Å². The molecule has 3 N–H and O–H groups in total. The zero-order valence-corrected chi connectivity index (χ0v) is 10.9. The van der Waals surface area contributed by atoms with E-state index in [0.29, 0.717) is 12.5 Å². The summed E-state index contributed by atoms with van der Waals surface area (Å²) in [7, 11) is 0. The highest BCUT2D eigenvalue weighted by Crippen LogP contribution is 2.34. The fourth-order valence-electron chi connectivity index (χ4n) is 2.58. The maximum atomic E-state index is 13.1. The molecule has 3 nitrogen and oxygen atoms in total. The van der Waals surface area contributed by atoms with Crippen molar-refractivity contribution in [1.29, 1.82) is 0 Å². The summed E-state index contributed by atoms with van der Waals surface area (Å²) in [5, 5.41) is 2.82. The SMILES string of the molecule is Nc1ccc(F)cc1C(=O)NCC1Cc2ccccc21. The van der Waals surface area contributed by atoms with E-state index in [1.807, 2.05) is 12.1 Å². The number of hydrogen-bond acceptors (Lipinski definition) is 2. The first-order valence-corrected chi connectivity index (χ1v) is 6.56. The molecule has 0 aromatic heterocycles. The molecule has 0 heterocycles. The van der Waals surface area contributed by atoms with Crippen LogP contribution in [0.1, 0.15) is 27.4 Å². The van der Waals surface area contributed by atoms with Crippen molar-refractivity contribution in [2.24, 2.45) is 0 Å². The predicted octanol–water partition coefficient (Wildman–Crippen LogP) is 2.48. The van der Waals surface area contributed by atoms with Gasteiger partial charge in [-0.2, -0.15) is 0 Å². The Morgan fingerprint density at radius 1 is 1.30 bits per heavy atom. The summed E-state index contributed by atoms with van der Waals surface area (Å²) in [5.74, 6) is -0.449. The van der Waals surface area contributed by atoms with Gasteiger partial charge in [0.1, 0.15) is 5.82 Å². The Labute approximate surface area is 116 Å². The highest BCUT2D eigenvalue weighted by molar-refractivity contribution is 5.99. The monoisotopic (exact) mass is 270 g/mol. The Morgan fingerprint density at radius 3 is 2.90 bits per heavy atom. The quantitative estimate of drug-likeness (QED) is 0.842. The molecule has 0 bridgehead atoms. The van der Waals surface area contributed by atoms with E-state index in [1.165, 1.54) is 29.3 Å². The van der Waals surface area contributed by atoms with Crippen molar-refractivity contribution in [3.63, 3.8) is 0 Å². The highest BCUT2D eigenvalue weighted by atomic mass is 19.1. The van der Waals surface area contributed by atoms with Crippen LogP contribution in [0.4, 0.5) is 10.1 Å². The lowest BCUT2D eigenvalue weighted by molar-refractivity contribution is 0.0950. The molecular formula is C16H15FN2O. The van der Waals surface area contributed by atoms with Crippen molar-refractivity contribution in [1.82, 2.24) is 5.32 Å². The van der Waals surface area contributed by atoms with E-state index in [-0.39, 0.29) is 17.2 Å². The third kappa shape index (κ3) is 2.25. The number of anilines is 1. The molecule has 2 aromatic rings. The van der Waals surface area contributed by atoms with Crippen LogP contribution in [0.15, 0.2) is 42.5 Å². The summed E-state index contributed by atoms with van der Waals surface area (Å²) in [5.41, 5.74) is 8.78.